The van der Waals surface area contributed by atoms with Crippen molar-refractivity contribution in [2.45, 2.75) is 6.54 Å². The van der Waals surface area contributed by atoms with Crippen LogP contribution in [0.1, 0.15) is 15.2 Å². The Balaban J connectivity index is 2.01. The topological polar surface area (TPSA) is 68.0 Å². The second-order valence-electron chi connectivity index (χ2n) is 3.20. The molecule has 2 heterocycles. The number of pyridine rings is 1. The molecule has 16 heavy (non-hydrogen) atoms. The monoisotopic (exact) mass is 233 g/mol. The van der Waals surface area contributed by atoms with Gasteiger partial charge in [-0.3, -0.25) is 4.79 Å². The van der Waals surface area contributed by atoms with E-state index in [0.29, 0.717) is 12.1 Å². The molecule has 0 saturated heterocycles. The number of thiophene rings is 1. The zero-order valence-corrected chi connectivity index (χ0v) is 9.33. The molecule has 1 amide bonds. The van der Waals surface area contributed by atoms with Crippen LogP contribution in [0.2, 0.25) is 0 Å². The standard InChI is InChI=1S/C11H11N3OS/c12-10-9(4-1-5-13-10)11(15)14-7-8-3-2-6-16-8/h1-6H,7H2,(H2,12,13)(H,14,15). The van der Waals surface area contributed by atoms with Crippen LogP contribution in [0.25, 0.3) is 0 Å². The van der Waals surface area contributed by atoms with Crippen LogP contribution >= 0.6 is 11.3 Å². The molecule has 82 valence electrons. The molecule has 0 aliphatic rings. The minimum absolute atomic E-state index is 0.195. The smallest absolute Gasteiger partial charge is 0.255 e. The molecule has 2 aromatic rings. The predicted molar refractivity (Wildman–Crippen MR) is 64.1 cm³/mol. The summed E-state index contributed by atoms with van der Waals surface area (Å²) in [4.78, 5) is 16.7. The van der Waals surface area contributed by atoms with Crippen LogP contribution in [0.4, 0.5) is 5.82 Å². The summed E-state index contributed by atoms with van der Waals surface area (Å²) in [7, 11) is 0. The Hall–Kier alpha value is -1.88. The summed E-state index contributed by atoms with van der Waals surface area (Å²) in [5.41, 5.74) is 6.02. The van der Waals surface area contributed by atoms with Gasteiger partial charge in [0.1, 0.15) is 5.82 Å². The third kappa shape index (κ3) is 2.38. The van der Waals surface area contributed by atoms with E-state index in [1.54, 1.807) is 29.7 Å². The molecule has 0 unspecified atom stereocenters. The minimum atomic E-state index is -0.195. The predicted octanol–water partition coefficient (Wildman–Crippen LogP) is 1.66. The summed E-state index contributed by atoms with van der Waals surface area (Å²) in [5, 5.41) is 4.77. The summed E-state index contributed by atoms with van der Waals surface area (Å²) < 4.78 is 0. The molecule has 0 spiro atoms. The SMILES string of the molecule is Nc1ncccc1C(=O)NCc1cccs1. The van der Waals surface area contributed by atoms with Crippen LogP contribution in [0.5, 0.6) is 0 Å². The van der Waals surface area contributed by atoms with Crippen LogP contribution in [-0.2, 0) is 6.54 Å². The first-order valence-corrected chi connectivity index (χ1v) is 5.66. The van der Waals surface area contributed by atoms with E-state index in [2.05, 4.69) is 10.3 Å². The molecule has 0 radical (unpaired) electrons. The maximum atomic E-state index is 11.7. The molecule has 0 atom stereocenters. The van der Waals surface area contributed by atoms with Crippen molar-refractivity contribution in [2.24, 2.45) is 0 Å². The summed E-state index contributed by atoms with van der Waals surface area (Å²) in [6, 6.07) is 7.27. The maximum Gasteiger partial charge on any atom is 0.255 e. The van der Waals surface area contributed by atoms with Gasteiger partial charge in [-0.2, -0.15) is 0 Å². The summed E-state index contributed by atoms with van der Waals surface area (Å²) in [6.07, 6.45) is 1.56. The Morgan fingerprint density at radius 2 is 2.31 bits per heavy atom. The lowest BCUT2D eigenvalue weighted by Gasteiger charge is -2.05. The van der Waals surface area contributed by atoms with Crippen LogP contribution in [0.3, 0.4) is 0 Å². The molecule has 3 N–H and O–H groups in total. The highest BCUT2D eigenvalue weighted by molar-refractivity contribution is 7.09. The number of anilines is 1. The molecule has 5 heteroatoms. The third-order valence-corrected chi connectivity index (χ3v) is 2.96. The number of carbonyl (C=O) groups excluding carboxylic acids is 1. The van der Waals surface area contributed by atoms with Gasteiger partial charge in [-0.15, -0.1) is 11.3 Å². The van der Waals surface area contributed by atoms with E-state index in [0.717, 1.165) is 4.88 Å². The zero-order valence-electron chi connectivity index (χ0n) is 8.51. The molecule has 0 saturated carbocycles. The number of rotatable bonds is 3. The number of carbonyl (C=O) groups is 1. The van der Waals surface area contributed by atoms with Gasteiger partial charge in [0.2, 0.25) is 0 Å². The molecule has 2 rings (SSSR count). The highest BCUT2D eigenvalue weighted by Gasteiger charge is 2.09. The molecule has 0 bridgehead atoms. The van der Waals surface area contributed by atoms with Crippen LogP contribution < -0.4 is 11.1 Å². The Bertz CT molecular complexity index is 482. The fraction of sp³-hybridized carbons (Fsp3) is 0.0909. The maximum absolute atomic E-state index is 11.7. The van der Waals surface area contributed by atoms with E-state index in [1.165, 1.54) is 0 Å². The normalized spacial score (nSPS) is 10.0. The van der Waals surface area contributed by atoms with Gasteiger partial charge in [-0.1, -0.05) is 6.07 Å². The largest absolute Gasteiger partial charge is 0.383 e. The molecule has 0 aliphatic heterocycles. The molecule has 0 aliphatic carbocycles. The quantitative estimate of drug-likeness (QED) is 0.847. The Kier molecular flexibility index (Phi) is 3.16. The van der Waals surface area contributed by atoms with Crippen molar-refractivity contribution < 1.29 is 4.79 Å². The van der Waals surface area contributed by atoms with E-state index in [4.69, 9.17) is 5.73 Å². The van der Waals surface area contributed by atoms with Crippen molar-refractivity contribution in [1.82, 2.24) is 10.3 Å². The van der Waals surface area contributed by atoms with Gasteiger partial charge in [0, 0.05) is 11.1 Å². The van der Waals surface area contributed by atoms with Crippen molar-refractivity contribution in [1.29, 1.82) is 0 Å². The summed E-state index contributed by atoms with van der Waals surface area (Å²) in [6.45, 7) is 0.519. The number of nitrogen functional groups attached to an aromatic ring is 1. The van der Waals surface area contributed by atoms with Gasteiger partial charge >= 0.3 is 0 Å². The lowest BCUT2D eigenvalue weighted by molar-refractivity contribution is 0.0952. The lowest BCUT2D eigenvalue weighted by Crippen LogP contribution is -2.23. The molecule has 4 nitrogen and oxygen atoms in total. The summed E-state index contributed by atoms with van der Waals surface area (Å²) in [5.74, 6) is 0.0604. The van der Waals surface area contributed by atoms with Crippen molar-refractivity contribution in [3.05, 3.63) is 46.3 Å². The second kappa shape index (κ2) is 4.76. The van der Waals surface area contributed by atoms with Crippen molar-refractivity contribution in [2.75, 3.05) is 5.73 Å². The van der Waals surface area contributed by atoms with E-state index in [9.17, 15) is 4.79 Å². The fourth-order valence-corrected chi connectivity index (χ4v) is 1.93. The van der Waals surface area contributed by atoms with Crippen molar-refractivity contribution in [3.8, 4) is 0 Å². The third-order valence-electron chi connectivity index (χ3n) is 2.09. The summed E-state index contributed by atoms with van der Waals surface area (Å²) >= 11 is 1.60. The van der Waals surface area contributed by atoms with E-state index in [1.807, 2.05) is 17.5 Å². The van der Waals surface area contributed by atoms with Gasteiger partial charge in [-0.05, 0) is 23.6 Å². The van der Waals surface area contributed by atoms with Gasteiger partial charge in [-0.25, -0.2) is 4.98 Å². The second-order valence-corrected chi connectivity index (χ2v) is 4.23. The Morgan fingerprint density at radius 1 is 1.44 bits per heavy atom. The molecular weight excluding hydrogens is 222 g/mol. The number of hydrogen-bond donors (Lipinski definition) is 2. The van der Waals surface area contributed by atoms with Crippen molar-refractivity contribution in [3.63, 3.8) is 0 Å². The van der Waals surface area contributed by atoms with Gasteiger partial charge in [0.25, 0.3) is 5.91 Å². The van der Waals surface area contributed by atoms with E-state index in [-0.39, 0.29) is 11.7 Å². The Morgan fingerprint density at radius 3 is 3.00 bits per heavy atom. The lowest BCUT2D eigenvalue weighted by atomic mass is 10.2. The minimum Gasteiger partial charge on any atom is -0.383 e. The number of nitrogens with one attached hydrogen (secondary N) is 1. The highest BCUT2D eigenvalue weighted by atomic mass is 32.1. The van der Waals surface area contributed by atoms with E-state index < -0.39 is 0 Å². The first kappa shape index (κ1) is 10.6. The zero-order chi connectivity index (χ0) is 11.4. The van der Waals surface area contributed by atoms with Gasteiger partial charge in [0.15, 0.2) is 0 Å². The molecular formula is C11H11N3OS. The van der Waals surface area contributed by atoms with Crippen LogP contribution in [0.15, 0.2) is 35.8 Å². The number of hydrogen-bond acceptors (Lipinski definition) is 4. The van der Waals surface area contributed by atoms with Crippen molar-refractivity contribution >= 4 is 23.1 Å². The van der Waals surface area contributed by atoms with E-state index >= 15 is 0 Å². The number of nitrogens with two attached hydrogens (primary N) is 1. The molecule has 0 aromatic carbocycles. The first-order valence-electron chi connectivity index (χ1n) is 4.78. The molecule has 2 aromatic heterocycles. The number of aromatic nitrogens is 1. The number of nitrogens with zero attached hydrogens (tertiary/aromatic N) is 1. The Labute approximate surface area is 97.1 Å². The average Bonchev–Trinajstić information content (AvgIpc) is 2.79. The van der Waals surface area contributed by atoms with Crippen LogP contribution in [-0.4, -0.2) is 10.9 Å². The van der Waals surface area contributed by atoms with Gasteiger partial charge in [0.05, 0.1) is 12.1 Å². The fourth-order valence-electron chi connectivity index (χ4n) is 1.29. The number of amides is 1. The van der Waals surface area contributed by atoms with Crippen LogP contribution in [0, 0.1) is 0 Å². The highest BCUT2D eigenvalue weighted by Crippen LogP contribution is 2.10. The van der Waals surface area contributed by atoms with Gasteiger partial charge < -0.3 is 11.1 Å². The first-order chi connectivity index (χ1) is 7.77. The molecule has 0 fully saturated rings. The average molecular weight is 233 g/mol.